The van der Waals surface area contributed by atoms with Crippen LogP contribution in [0.5, 0.6) is 11.5 Å². The number of hydrogen-bond donors (Lipinski definition) is 1. The Balaban J connectivity index is 1.62. The molecule has 0 radical (unpaired) electrons. The van der Waals surface area contributed by atoms with Crippen molar-refractivity contribution in [2.75, 3.05) is 20.5 Å². The maximum absolute atomic E-state index is 12.9. The van der Waals surface area contributed by atoms with Gasteiger partial charge in [0.25, 0.3) is 5.91 Å². The molecule has 0 aliphatic heterocycles. The summed E-state index contributed by atoms with van der Waals surface area (Å²) in [6.07, 6.45) is 3.41. The van der Waals surface area contributed by atoms with Crippen LogP contribution in [-0.4, -0.2) is 61.6 Å². The molecule has 1 fully saturated rings. The highest BCUT2D eigenvalue weighted by molar-refractivity contribution is 5.98. The molecule has 10 heteroatoms. The maximum atomic E-state index is 12.9. The number of benzene rings is 1. The van der Waals surface area contributed by atoms with E-state index in [9.17, 15) is 14.4 Å². The summed E-state index contributed by atoms with van der Waals surface area (Å²) >= 11 is 0. The molecule has 3 rings (SSSR count). The van der Waals surface area contributed by atoms with E-state index in [0.29, 0.717) is 18.9 Å². The largest absolute Gasteiger partial charge is 0.493 e. The van der Waals surface area contributed by atoms with Crippen molar-refractivity contribution < 1.29 is 38.1 Å². The molecule has 1 amide bonds. The van der Waals surface area contributed by atoms with E-state index in [2.05, 4.69) is 10.3 Å². The number of nitrogens with zero attached hydrogens (tertiary/aromatic N) is 1. The number of methoxy groups -OCH3 is 1. The van der Waals surface area contributed by atoms with Gasteiger partial charge in [0.1, 0.15) is 12.1 Å². The van der Waals surface area contributed by atoms with Gasteiger partial charge in [-0.05, 0) is 38.2 Å². The van der Waals surface area contributed by atoms with Crippen LogP contribution >= 0.6 is 0 Å². The molecular weight excluding hydrogens is 480 g/mol. The van der Waals surface area contributed by atoms with Crippen LogP contribution in [-0.2, 0) is 30.2 Å². The normalized spacial score (nSPS) is 15.1. The van der Waals surface area contributed by atoms with Crippen molar-refractivity contribution >= 4 is 17.8 Å². The summed E-state index contributed by atoms with van der Waals surface area (Å²) in [7, 11) is 1.40. The summed E-state index contributed by atoms with van der Waals surface area (Å²) in [5.41, 5.74) is 0.951. The predicted molar refractivity (Wildman–Crippen MR) is 133 cm³/mol. The standard InChI is InChI=1S/C27H34N2O8/c1-17(29-26(31)24-25(36-16-35-19(3)30)22(33-4)12-13-28-24)27(32)37-18(2)23(34-15-21-10-11-21)14-20-8-6-5-7-9-20/h5-9,12-13,17-18,21,23H,10-11,14-16H2,1-4H3,(H,29,31)/t17-,18-,23+/m0/s1. The number of pyridine rings is 1. The van der Waals surface area contributed by atoms with E-state index < -0.39 is 36.8 Å². The van der Waals surface area contributed by atoms with Crippen molar-refractivity contribution in [1.82, 2.24) is 10.3 Å². The van der Waals surface area contributed by atoms with E-state index in [4.69, 9.17) is 23.7 Å². The molecule has 3 atom stereocenters. The second kappa shape index (κ2) is 13.6. The maximum Gasteiger partial charge on any atom is 0.328 e. The minimum Gasteiger partial charge on any atom is -0.493 e. The molecule has 1 aromatic carbocycles. The molecule has 37 heavy (non-hydrogen) atoms. The number of aromatic nitrogens is 1. The Labute approximate surface area is 216 Å². The van der Waals surface area contributed by atoms with Crippen molar-refractivity contribution in [1.29, 1.82) is 0 Å². The molecule has 2 aromatic rings. The number of hydrogen-bond acceptors (Lipinski definition) is 9. The number of rotatable bonds is 14. The first-order chi connectivity index (χ1) is 17.8. The second-order valence-electron chi connectivity index (χ2n) is 8.93. The summed E-state index contributed by atoms with van der Waals surface area (Å²) in [6, 6.07) is 10.4. The number of nitrogens with one attached hydrogen (secondary N) is 1. The highest BCUT2D eigenvalue weighted by Gasteiger charge is 2.30. The summed E-state index contributed by atoms with van der Waals surface area (Å²) in [6.45, 7) is 4.73. The molecule has 1 aliphatic carbocycles. The van der Waals surface area contributed by atoms with Crippen molar-refractivity contribution in [3.05, 3.63) is 53.9 Å². The van der Waals surface area contributed by atoms with Crippen molar-refractivity contribution in [3.63, 3.8) is 0 Å². The molecule has 1 heterocycles. The number of ether oxygens (including phenoxy) is 5. The van der Waals surface area contributed by atoms with Gasteiger partial charge < -0.3 is 29.0 Å². The fourth-order valence-electron chi connectivity index (χ4n) is 3.50. The monoisotopic (exact) mass is 514 g/mol. The van der Waals surface area contributed by atoms with Gasteiger partial charge >= 0.3 is 11.9 Å². The average Bonchev–Trinajstić information content (AvgIpc) is 3.71. The summed E-state index contributed by atoms with van der Waals surface area (Å²) in [5, 5.41) is 2.58. The third kappa shape index (κ3) is 8.75. The third-order valence-electron chi connectivity index (χ3n) is 5.82. The Kier molecular flexibility index (Phi) is 10.3. The molecule has 1 saturated carbocycles. The quantitative estimate of drug-likeness (QED) is 0.299. The molecule has 200 valence electrons. The van der Waals surface area contributed by atoms with Gasteiger partial charge in [-0.25, -0.2) is 9.78 Å². The van der Waals surface area contributed by atoms with Crippen LogP contribution in [0, 0.1) is 5.92 Å². The molecule has 1 N–H and O–H groups in total. The first-order valence-corrected chi connectivity index (χ1v) is 12.2. The van der Waals surface area contributed by atoms with Crippen LogP contribution in [0.4, 0.5) is 0 Å². The second-order valence-corrected chi connectivity index (χ2v) is 8.93. The number of amides is 1. The van der Waals surface area contributed by atoms with Crippen LogP contribution in [0.25, 0.3) is 0 Å². The van der Waals surface area contributed by atoms with E-state index in [-0.39, 0.29) is 23.3 Å². The van der Waals surface area contributed by atoms with Crippen molar-refractivity contribution in [2.24, 2.45) is 5.92 Å². The number of carbonyl (C=O) groups excluding carboxylic acids is 3. The van der Waals surface area contributed by atoms with Gasteiger partial charge in [-0.15, -0.1) is 0 Å². The Hall–Kier alpha value is -3.66. The molecule has 1 aromatic heterocycles. The minimum atomic E-state index is -0.981. The van der Waals surface area contributed by atoms with Gasteiger partial charge in [-0.2, -0.15) is 0 Å². The van der Waals surface area contributed by atoms with Gasteiger partial charge in [0.15, 0.2) is 17.2 Å². The zero-order valence-electron chi connectivity index (χ0n) is 21.6. The third-order valence-corrected chi connectivity index (χ3v) is 5.82. The smallest absolute Gasteiger partial charge is 0.328 e. The Morgan fingerprint density at radius 2 is 1.84 bits per heavy atom. The Morgan fingerprint density at radius 1 is 1.11 bits per heavy atom. The van der Waals surface area contributed by atoms with E-state index in [1.807, 2.05) is 30.3 Å². The van der Waals surface area contributed by atoms with E-state index in [0.717, 1.165) is 18.4 Å². The lowest BCUT2D eigenvalue weighted by atomic mass is 10.0. The molecule has 0 saturated heterocycles. The van der Waals surface area contributed by atoms with Crippen LogP contribution in [0.1, 0.15) is 49.7 Å². The summed E-state index contributed by atoms with van der Waals surface area (Å²) < 4.78 is 27.2. The zero-order chi connectivity index (χ0) is 26.8. The number of carbonyl (C=O) groups is 3. The van der Waals surface area contributed by atoms with E-state index >= 15 is 0 Å². The van der Waals surface area contributed by atoms with E-state index in [1.165, 1.54) is 33.2 Å². The van der Waals surface area contributed by atoms with Gasteiger partial charge in [0.05, 0.1) is 13.2 Å². The first-order valence-electron chi connectivity index (χ1n) is 12.2. The highest BCUT2D eigenvalue weighted by atomic mass is 16.7. The molecule has 10 nitrogen and oxygen atoms in total. The van der Waals surface area contributed by atoms with Crippen LogP contribution in [0.3, 0.4) is 0 Å². The van der Waals surface area contributed by atoms with Crippen molar-refractivity contribution in [3.8, 4) is 11.5 Å². The molecule has 0 unspecified atom stereocenters. The van der Waals surface area contributed by atoms with Gasteiger partial charge in [0, 0.05) is 32.2 Å². The fourth-order valence-corrected chi connectivity index (χ4v) is 3.50. The summed E-state index contributed by atoms with van der Waals surface area (Å²) in [5.74, 6) is -1.08. The molecule has 1 aliphatic rings. The summed E-state index contributed by atoms with van der Waals surface area (Å²) in [4.78, 5) is 40.9. The Bertz CT molecular complexity index is 1060. The van der Waals surface area contributed by atoms with E-state index in [1.54, 1.807) is 6.92 Å². The molecular formula is C27H34N2O8. The first kappa shape index (κ1) is 27.9. The van der Waals surface area contributed by atoms with Crippen LogP contribution in [0.2, 0.25) is 0 Å². The van der Waals surface area contributed by atoms with Crippen LogP contribution < -0.4 is 14.8 Å². The van der Waals surface area contributed by atoms with Crippen molar-refractivity contribution in [2.45, 2.75) is 58.3 Å². The van der Waals surface area contributed by atoms with Crippen LogP contribution in [0.15, 0.2) is 42.6 Å². The molecule has 0 bridgehead atoms. The van der Waals surface area contributed by atoms with Gasteiger partial charge in [0.2, 0.25) is 6.79 Å². The SMILES string of the molecule is COc1ccnc(C(=O)N[C@@H](C)C(=O)O[C@@H](C)[C@@H](Cc2ccccc2)OCC2CC2)c1OCOC(C)=O. The molecule has 0 spiro atoms. The predicted octanol–water partition coefficient (Wildman–Crippen LogP) is 3.08. The van der Waals surface area contributed by atoms with Gasteiger partial charge in [-0.3, -0.25) is 9.59 Å². The lowest BCUT2D eigenvalue weighted by Gasteiger charge is -2.26. The number of esters is 2. The minimum absolute atomic E-state index is 0.0194. The zero-order valence-corrected chi connectivity index (χ0v) is 21.6. The Morgan fingerprint density at radius 3 is 2.49 bits per heavy atom. The lowest BCUT2D eigenvalue weighted by Crippen LogP contribution is -2.43. The fraction of sp³-hybridized carbons (Fsp3) is 0.481. The van der Waals surface area contributed by atoms with Gasteiger partial charge in [-0.1, -0.05) is 30.3 Å². The lowest BCUT2D eigenvalue weighted by molar-refractivity contribution is -0.158. The highest BCUT2D eigenvalue weighted by Crippen LogP contribution is 2.30. The topological polar surface area (TPSA) is 122 Å². The average molecular weight is 515 g/mol.